The second-order valence-corrected chi connectivity index (χ2v) is 12.0. The molecule has 0 fully saturated rings. The molecule has 3 N–H and O–H groups in total. The van der Waals surface area contributed by atoms with Crippen molar-refractivity contribution in [3.63, 3.8) is 0 Å². The van der Waals surface area contributed by atoms with Gasteiger partial charge >= 0.3 is 0 Å². The highest BCUT2D eigenvalue weighted by molar-refractivity contribution is 7.28. The molecule has 0 saturated carbocycles. The standard InChI is InChI=1S/C25H16N2OS4/c26-8-9-27-25(28)20-11-13-15(30-20)2-4-17-22(13)24-19(32-17)6-5-18-23(24)21-12-7-10-29-14(12)1-3-16(21)31-18/h1-7,10-11H,8-9,26H2,(H,27,28). The molecule has 0 atom stereocenters. The molecule has 0 aliphatic rings. The summed E-state index contributed by atoms with van der Waals surface area (Å²) >= 11 is 7.05. The third kappa shape index (κ3) is 2.57. The van der Waals surface area contributed by atoms with Crippen molar-refractivity contribution in [2.45, 2.75) is 0 Å². The first kappa shape index (κ1) is 19.0. The Bertz CT molecular complexity index is 1850. The molecule has 0 bridgehead atoms. The molecular formula is C25H16N2OS4. The van der Waals surface area contributed by atoms with Crippen molar-refractivity contribution >= 4 is 112 Å². The number of hydrogen-bond acceptors (Lipinski definition) is 6. The van der Waals surface area contributed by atoms with Crippen molar-refractivity contribution in [2.75, 3.05) is 13.1 Å². The molecule has 7 heteroatoms. The summed E-state index contributed by atoms with van der Waals surface area (Å²) in [6.07, 6.45) is 0. The summed E-state index contributed by atoms with van der Waals surface area (Å²) in [7, 11) is 0. The highest BCUT2D eigenvalue weighted by Crippen LogP contribution is 2.49. The van der Waals surface area contributed by atoms with E-state index in [0.29, 0.717) is 13.1 Å². The molecule has 32 heavy (non-hydrogen) atoms. The monoisotopic (exact) mass is 488 g/mol. The topological polar surface area (TPSA) is 55.1 Å². The minimum Gasteiger partial charge on any atom is -0.350 e. The van der Waals surface area contributed by atoms with Crippen LogP contribution in [-0.4, -0.2) is 19.0 Å². The Hall–Kier alpha value is -2.55. The van der Waals surface area contributed by atoms with Gasteiger partial charge in [-0.25, -0.2) is 0 Å². The summed E-state index contributed by atoms with van der Waals surface area (Å²) in [6.45, 7) is 0.929. The van der Waals surface area contributed by atoms with E-state index < -0.39 is 0 Å². The van der Waals surface area contributed by atoms with E-state index in [2.05, 4.69) is 59.2 Å². The van der Waals surface area contributed by atoms with Crippen LogP contribution in [0.15, 0.2) is 53.9 Å². The van der Waals surface area contributed by atoms with Crippen molar-refractivity contribution < 1.29 is 4.79 Å². The average Bonchev–Trinajstić information content (AvgIpc) is 3.57. The van der Waals surface area contributed by atoms with E-state index in [-0.39, 0.29) is 5.91 Å². The summed E-state index contributed by atoms with van der Waals surface area (Å²) in [5, 5.41) is 12.9. The van der Waals surface area contributed by atoms with E-state index in [0.717, 1.165) is 9.58 Å². The van der Waals surface area contributed by atoms with Gasteiger partial charge in [-0.2, -0.15) is 0 Å². The van der Waals surface area contributed by atoms with Gasteiger partial charge in [-0.15, -0.1) is 45.3 Å². The first-order valence-corrected chi connectivity index (χ1v) is 13.6. The number of nitrogens with two attached hydrogens (primary N) is 1. The Morgan fingerprint density at radius 3 is 2.00 bits per heavy atom. The van der Waals surface area contributed by atoms with Gasteiger partial charge < -0.3 is 11.1 Å². The molecule has 0 radical (unpaired) electrons. The maximum Gasteiger partial charge on any atom is 0.261 e. The van der Waals surface area contributed by atoms with Gasteiger partial charge in [-0.05, 0) is 53.9 Å². The Labute approximate surface area is 198 Å². The summed E-state index contributed by atoms with van der Waals surface area (Å²) in [5.41, 5.74) is 5.56. The van der Waals surface area contributed by atoms with Crippen molar-refractivity contribution in [2.24, 2.45) is 5.73 Å². The molecule has 7 rings (SSSR count). The average molecular weight is 489 g/mol. The van der Waals surface area contributed by atoms with Crippen molar-refractivity contribution in [3.8, 4) is 0 Å². The Morgan fingerprint density at radius 1 is 0.719 bits per heavy atom. The number of amides is 1. The predicted molar refractivity (Wildman–Crippen MR) is 144 cm³/mol. The summed E-state index contributed by atoms with van der Waals surface area (Å²) in [6, 6.07) is 17.7. The molecule has 3 nitrogen and oxygen atoms in total. The van der Waals surface area contributed by atoms with E-state index in [9.17, 15) is 4.79 Å². The molecule has 0 unspecified atom stereocenters. The number of benzene rings is 3. The molecule has 0 spiro atoms. The Balaban J connectivity index is 1.64. The van der Waals surface area contributed by atoms with E-state index in [1.807, 2.05) is 22.7 Å². The number of thiophene rings is 4. The third-order valence-corrected chi connectivity index (χ3v) is 10.2. The lowest BCUT2D eigenvalue weighted by molar-refractivity contribution is 0.0959. The molecule has 4 heterocycles. The SMILES string of the molecule is NCCNC(=O)c1cc2c(ccc3sc4ccc5sc6ccc7sccc7c6c5c4c32)s1. The minimum absolute atomic E-state index is 0.0459. The van der Waals surface area contributed by atoms with Crippen molar-refractivity contribution in [1.29, 1.82) is 0 Å². The predicted octanol–water partition coefficient (Wildman–Crippen LogP) is 7.54. The molecular weight excluding hydrogens is 473 g/mol. The van der Waals surface area contributed by atoms with Crippen LogP contribution in [-0.2, 0) is 0 Å². The molecule has 3 aromatic carbocycles. The number of carbonyl (C=O) groups is 1. The van der Waals surface area contributed by atoms with Gasteiger partial charge in [-0.1, -0.05) is 0 Å². The molecule has 1 amide bonds. The first-order valence-electron chi connectivity index (χ1n) is 10.3. The van der Waals surface area contributed by atoms with Gasteiger partial charge in [0.05, 0.1) is 4.88 Å². The summed E-state index contributed by atoms with van der Waals surface area (Å²) in [4.78, 5) is 13.4. The van der Waals surface area contributed by atoms with Crippen LogP contribution in [0, 0.1) is 0 Å². The van der Waals surface area contributed by atoms with Gasteiger partial charge in [-0.3, -0.25) is 4.79 Å². The van der Waals surface area contributed by atoms with Crippen LogP contribution in [0.3, 0.4) is 0 Å². The van der Waals surface area contributed by atoms with Crippen LogP contribution < -0.4 is 11.1 Å². The second-order valence-electron chi connectivity index (χ2n) is 7.79. The summed E-state index contributed by atoms with van der Waals surface area (Å²) < 4.78 is 7.69. The maximum absolute atomic E-state index is 12.6. The second kappa shape index (κ2) is 6.97. The van der Waals surface area contributed by atoms with Crippen LogP contribution in [0.1, 0.15) is 9.67 Å². The molecule has 156 valence electrons. The minimum atomic E-state index is -0.0459. The lowest BCUT2D eigenvalue weighted by Gasteiger charge is -2.00. The van der Waals surface area contributed by atoms with Crippen LogP contribution in [0.25, 0.3) is 60.5 Å². The normalized spacial score (nSPS) is 12.3. The number of hydrogen-bond donors (Lipinski definition) is 2. The highest BCUT2D eigenvalue weighted by atomic mass is 32.1. The number of fused-ring (bicyclic) bond motifs is 11. The largest absolute Gasteiger partial charge is 0.350 e. The lowest BCUT2D eigenvalue weighted by Crippen LogP contribution is -2.28. The van der Waals surface area contributed by atoms with Gasteiger partial charge in [0.2, 0.25) is 0 Å². The first-order chi connectivity index (χ1) is 15.7. The third-order valence-electron chi connectivity index (χ3n) is 5.98. The van der Waals surface area contributed by atoms with Crippen molar-refractivity contribution in [1.82, 2.24) is 5.32 Å². The lowest BCUT2D eigenvalue weighted by atomic mass is 10.0. The number of nitrogens with one attached hydrogen (secondary N) is 1. The van der Waals surface area contributed by atoms with E-state index in [1.54, 1.807) is 22.7 Å². The van der Waals surface area contributed by atoms with Gasteiger partial charge in [0.25, 0.3) is 5.91 Å². The maximum atomic E-state index is 12.6. The van der Waals surface area contributed by atoms with Crippen LogP contribution in [0.2, 0.25) is 0 Å². The Kier molecular flexibility index (Phi) is 4.13. The zero-order valence-corrected chi connectivity index (χ0v) is 20.0. The van der Waals surface area contributed by atoms with Crippen molar-refractivity contribution in [3.05, 3.63) is 58.8 Å². The fourth-order valence-corrected chi connectivity index (χ4v) is 8.69. The smallest absolute Gasteiger partial charge is 0.261 e. The summed E-state index contributed by atoms with van der Waals surface area (Å²) in [5.74, 6) is -0.0459. The fourth-order valence-electron chi connectivity index (χ4n) is 4.65. The molecule has 4 aromatic heterocycles. The van der Waals surface area contributed by atoms with Crippen LogP contribution in [0.4, 0.5) is 0 Å². The molecule has 0 aliphatic carbocycles. The Morgan fingerprint density at radius 2 is 1.31 bits per heavy atom. The molecule has 0 aliphatic heterocycles. The fraction of sp³-hybridized carbons (Fsp3) is 0.0800. The highest BCUT2D eigenvalue weighted by Gasteiger charge is 2.19. The van der Waals surface area contributed by atoms with E-state index in [1.165, 1.54) is 55.8 Å². The zero-order valence-electron chi connectivity index (χ0n) is 16.7. The number of carbonyl (C=O) groups excluding carboxylic acids is 1. The van der Waals surface area contributed by atoms with E-state index >= 15 is 0 Å². The van der Waals surface area contributed by atoms with Crippen LogP contribution >= 0.6 is 45.3 Å². The van der Waals surface area contributed by atoms with Crippen LogP contribution in [0.5, 0.6) is 0 Å². The van der Waals surface area contributed by atoms with E-state index in [4.69, 9.17) is 5.73 Å². The zero-order chi connectivity index (χ0) is 21.4. The quantitative estimate of drug-likeness (QED) is 0.270. The number of rotatable bonds is 3. The van der Waals surface area contributed by atoms with Gasteiger partial charge in [0.15, 0.2) is 0 Å². The molecule has 7 aromatic rings. The molecule has 0 saturated heterocycles. The van der Waals surface area contributed by atoms with Gasteiger partial charge in [0.1, 0.15) is 0 Å². The van der Waals surface area contributed by atoms with Gasteiger partial charge in [0, 0.05) is 73.6 Å².